The normalized spacial score (nSPS) is 12.2. The average molecular weight is 288 g/mol. The zero-order valence-electron chi connectivity index (χ0n) is 9.98. The maximum atomic E-state index is 5.46. The van der Waals surface area contributed by atoms with Gasteiger partial charge in [-0.1, -0.05) is 29.8 Å². The Balaban J connectivity index is 2.65. The van der Waals surface area contributed by atoms with Crippen molar-refractivity contribution in [3.05, 3.63) is 12.3 Å². The maximum Gasteiger partial charge on any atom is 0.228 e. The minimum Gasteiger partial charge on any atom is -0.478 e. The van der Waals surface area contributed by atoms with Crippen molar-refractivity contribution in [3.8, 4) is 5.88 Å². The van der Waals surface area contributed by atoms with Gasteiger partial charge >= 0.3 is 0 Å². The Kier molecular flexibility index (Phi) is 5.52. The maximum absolute atomic E-state index is 5.46. The van der Waals surface area contributed by atoms with E-state index in [1.807, 2.05) is 11.9 Å². The molecule has 1 rings (SSSR count). The van der Waals surface area contributed by atoms with Crippen LogP contribution in [0, 0.1) is 0 Å². The number of rotatable bonds is 6. The minimum absolute atomic E-state index is 0.404. The second-order valence-electron chi connectivity index (χ2n) is 3.70. The van der Waals surface area contributed by atoms with Crippen LogP contribution < -0.4 is 9.64 Å². The van der Waals surface area contributed by atoms with E-state index in [1.54, 1.807) is 12.3 Å². The highest BCUT2D eigenvalue weighted by Gasteiger charge is 2.08. The lowest BCUT2D eigenvalue weighted by Crippen LogP contribution is -2.25. The standard InChI is InChI=1S/C11H18BrN3O/c1-4-7-16-10-5-6-13-11(14-10)15(3)8-9(2)12/h5-6,9H,4,7-8H2,1-3H3. The van der Waals surface area contributed by atoms with E-state index < -0.39 is 0 Å². The lowest BCUT2D eigenvalue weighted by atomic mass is 10.4. The lowest BCUT2D eigenvalue weighted by Gasteiger charge is -2.18. The summed E-state index contributed by atoms with van der Waals surface area (Å²) in [6.45, 7) is 5.71. The number of hydrogen-bond acceptors (Lipinski definition) is 4. The van der Waals surface area contributed by atoms with Crippen LogP contribution in [0.3, 0.4) is 0 Å². The molecule has 0 fully saturated rings. The zero-order valence-corrected chi connectivity index (χ0v) is 11.6. The Labute approximate surface area is 105 Å². The van der Waals surface area contributed by atoms with Gasteiger partial charge in [0.1, 0.15) is 0 Å². The third kappa shape index (κ3) is 4.35. The van der Waals surface area contributed by atoms with Gasteiger partial charge in [0.15, 0.2) is 0 Å². The summed E-state index contributed by atoms with van der Waals surface area (Å²) in [5.41, 5.74) is 0. The molecular formula is C11H18BrN3O. The summed E-state index contributed by atoms with van der Waals surface area (Å²) in [7, 11) is 1.97. The molecule has 1 unspecified atom stereocenters. The predicted molar refractivity (Wildman–Crippen MR) is 69.5 cm³/mol. The molecule has 0 N–H and O–H groups in total. The quantitative estimate of drug-likeness (QED) is 0.754. The molecule has 0 aromatic carbocycles. The van der Waals surface area contributed by atoms with Gasteiger partial charge in [-0.3, -0.25) is 0 Å². The van der Waals surface area contributed by atoms with Gasteiger partial charge in [0.2, 0.25) is 11.8 Å². The number of halogens is 1. The van der Waals surface area contributed by atoms with Crippen molar-refractivity contribution in [1.29, 1.82) is 0 Å². The summed E-state index contributed by atoms with van der Waals surface area (Å²) in [4.78, 5) is 11.0. The summed E-state index contributed by atoms with van der Waals surface area (Å²) in [5.74, 6) is 1.33. The predicted octanol–water partition coefficient (Wildman–Crippen LogP) is 2.49. The minimum atomic E-state index is 0.404. The van der Waals surface area contributed by atoms with Crippen LogP contribution in [-0.2, 0) is 0 Å². The fourth-order valence-corrected chi connectivity index (χ4v) is 1.70. The van der Waals surface area contributed by atoms with Crippen LogP contribution in [0.1, 0.15) is 20.3 Å². The lowest BCUT2D eigenvalue weighted by molar-refractivity contribution is 0.305. The van der Waals surface area contributed by atoms with Crippen molar-refractivity contribution in [2.75, 3.05) is 25.1 Å². The first-order chi connectivity index (χ1) is 7.63. The van der Waals surface area contributed by atoms with Crippen molar-refractivity contribution < 1.29 is 4.74 Å². The van der Waals surface area contributed by atoms with Crippen LogP contribution in [0.15, 0.2) is 12.3 Å². The van der Waals surface area contributed by atoms with E-state index in [1.165, 1.54) is 0 Å². The highest BCUT2D eigenvalue weighted by Crippen LogP contribution is 2.13. The second-order valence-corrected chi connectivity index (χ2v) is 5.27. The number of alkyl halides is 1. The topological polar surface area (TPSA) is 38.2 Å². The van der Waals surface area contributed by atoms with Crippen LogP contribution in [0.5, 0.6) is 5.88 Å². The monoisotopic (exact) mass is 287 g/mol. The SMILES string of the molecule is CCCOc1ccnc(N(C)CC(C)Br)n1. The molecule has 0 aliphatic carbocycles. The van der Waals surface area contributed by atoms with Gasteiger partial charge < -0.3 is 9.64 Å². The number of aromatic nitrogens is 2. The fourth-order valence-electron chi connectivity index (χ4n) is 1.26. The molecule has 5 heteroatoms. The molecule has 0 bridgehead atoms. The van der Waals surface area contributed by atoms with Gasteiger partial charge in [-0.15, -0.1) is 0 Å². The first-order valence-electron chi connectivity index (χ1n) is 5.44. The molecule has 4 nitrogen and oxygen atoms in total. The highest BCUT2D eigenvalue weighted by atomic mass is 79.9. The Bertz CT molecular complexity index is 320. The molecule has 0 saturated heterocycles. The van der Waals surface area contributed by atoms with Gasteiger partial charge in [-0.2, -0.15) is 4.98 Å². The van der Waals surface area contributed by atoms with Crippen LogP contribution in [0.4, 0.5) is 5.95 Å². The van der Waals surface area contributed by atoms with E-state index in [4.69, 9.17) is 4.74 Å². The molecule has 1 atom stereocenters. The largest absolute Gasteiger partial charge is 0.478 e. The van der Waals surface area contributed by atoms with Crippen LogP contribution in [-0.4, -0.2) is 35.0 Å². The summed E-state index contributed by atoms with van der Waals surface area (Å²) in [6, 6.07) is 1.78. The van der Waals surface area contributed by atoms with E-state index in [0.29, 0.717) is 23.3 Å². The average Bonchev–Trinajstić information content (AvgIpc) is 2.26. The molecule has 0 saturated carbocycles. The third-order valence-corrected chi connectivity index (χ3v) is 2.23. The van der Waals surface area contributed by atoms with Crippen LogP contribution in [0.2, 0.25) is 0 Å². The van der Waals surface area contributed by atoms with Crippen molar-refractivity contribution in [2.45, 2.75) is 25.1 Å². The molecule has 0 aliphatic heterocycles. The second kappa shape index (κ2) is 6.68. The summed E-state index contributed by atoms with van der Waals surface area (Å²) < 4.78 is 5.46. The van der Waals surface area contributed by atoms with Gasteiger partial charge in [-0.05, 0) is 6.42 Å². The molecule has 1 heterocycles. The highest BCUT2D eigenvalue weighted by molar-refractivity contribution is 9.09. The molecule has 1 aromatic rings. The first-order valence-corrected chi connectivity index (χ1v) is 6.36. The van der Waals surface area contributed by atoms with Crippen LogP contribution >= 0.6 is 15.9 Å². The van der Waals surface area contributed by atoms with Gasteiger partial charge in [-0.25, -0.2) is 4.98 Å². The molecular weight excluding hydrogens is 270 g/mol. The van der Waals surface area contributed by atoms with Gasteiger partial charge in [0, 0.05) is 30.7 Å². The number of ether oxygens (including phenoxy) is 1. The van der Waals surface area contributed by atoms with Gasteiger partial charge in [0.05, 0.1) is 6.61 Å². The molecule has 1 aromatic heterocycles. The van der Waals surface area contributed by atoms with Crippen molar-refractivity contribution in [3.63, 3.8) is 0 Å². The third-order valence-electron chi connectivity index (χ3n) is 1.94. The fraction of sp³-hybridized carbons (Fsp3) is 0.636. The van der Waals surface area contributed by atoms with Crippen molar-refractivity contribution in [2.24, 2.45) is 0 Å². The number of hydrogen-bond donors (Lipinski definition) is 0. The molecule has 0 radical (unpaired) electrons. The Hall–Kier alpha value is -0.840. The Morgan fingerprint density at radius 3 is 2.94 bits per heavy atom. The summed E-state index contributed by atoms with van der Waals surface area (Å²) in [6.07, 6.45) is 2.70. The molecule has 90 valence electrons. The van der Waals surface area contributed by atoms with Crippen molar-refractivity contribution >= 4 is 21.9 Å². The Morgan fingerprint density at radius 1 is 1.56 bits per heavy atom. The smallest absolute Gasteiger partial charge is 0.228 e. The summed E-state index contributed by atoms with van der Waals surface area (Å²) >= 11 is 3.50. The Morgan fingerprint density at radius 2 is 2.31 bits per heavy atom. The first kappa shape index (κ1) is 13.2. The van der Waals surface area contributed by atoms with Gasteiger partial charge in [0.25, 0.3) is 0 Å². The van der Waals surface area contributed by atoms with E-state index in [-0.39, 0.29) is 0 Å². The molecule has 0 amide bonds. The molecule has 0 spiro atoms. The molecule has 16 heavy (non-hydrogen) atoms. The zero-order chi connectivity index (χ0) is 12.0. The number of anilines is 1. The van der Waals surface area contributed by atoms with E-state index in [9.17, 15) is 0 Å². The van der Waals surface area contributed by atoms with E-state index in [2.05, 4.69) is 39.7 Å². The van der Waals surface area contributed by atoms with Crippen molar-refractivity contribution in [1.82, 2.24) is 9.97 Å². The van der Waals surface area contributed by atoms with Crippen LogP contribution in [0.25, 0.3) is 0 Å². The molecule has 0 aliphatic rings. The van der Waals surface area contributed by atoms with E-state index >= 15 is 0 Å². The number of nitrogens with zero attached hydrogens (tertiary/aromatic N) is 3. The summed E-state index contributed by atoms with van der Waals surface area (Å²) in [5, 5.41) is 0. The van der Waals surface area contributed by atoms with E-state index in [0.717, 1.165) is 13.0 Å².